The molecule has 3 aromatic heterocycles. The largest absolute Gasteiger partial charge is 0.263 e. The number of aromatic nitrogens is 5. The minimum Gasteiger partial charge on any atom is -0.263 e. The van der Waals surface area contributed by atoms with Gasteiger partial charge in [-0.3, -0.25) is 9.97 Å². The second-order valence-electron chi connectivity index (χ2n) is 16.1. The van der Waals surface area contributed by atoms with Gasteiger partial charge in [0.2, 0.25) is 0 Å². The second-order valence-corrected chi connectivity index (χ2v) is 16.1. The summed E-state index contributed by atoms with van der Waals surface area (Å²) in [5.41, 5.74) is 11.4. The number of hydrogen-bond acceptors (Lipinski definition) is 5. The molecular formula is C59H37N5. The summed E-state index contributed by atoms with van der Waals surface area (Å²) in [6.07, 6.45) is 7.78. The van der Waals surface area contributed by atoms with Crippen LogP contribution in [0, 0.1) is 0 Å². The van der Waals surface area contributed by atoms with Gasteiger partial charge in [-0.15, -0.1) is 0 Å². The fourth-order valence-corrected chi connectivity index (χ4v) is 9.10. The molecule has 0 saturated heterocycles. The maximum absolute atomic E-state index is 5.36. The number of benzene rings is 9. The number of nitrogens with zero attached hydrogens (tertiary/aromatic N) is 5. The quantitative estimate of drug-likeness (QED) is 0.160. The highest BCUT2D eigenvalue weighted by Gasteiger charge is 2.18. The summed E-state index contributed by atoms with van der Waals surface area (Å²) < 4.78 is 0. The van der Waals surface area contributed by atoms with Crippen LogP contribution >= 0.6 is 0 Å². The van der Waals surface area contributed by atoms with Gasteiger partial charge < -0.3 is 0 Å². The molecule has 0 saturated carbocycles. The third kappa shape index (κ3) is 6.73. The Kier molecular flexibility index (Phi) is 9.08. The molecular weight excluding hydrogens is 779 g/mol. The fraction of sp³-hybridized carbons (Fsp3) is 0. The highest BCUT2D eigenvalue weighted by Crippen LogP contribution is 2.39. The van der Waals surface area contributed by atoms with Crippen molar-refractivity contribution >= 4 is 43.1 Å². The van der Waals surface area contributed by atoms with Crippen molar-refractivity contribution in [2.75, 3.05) is 0 Å². The Hall–Kier alpha value is -8.67. The fourth-order valence-electron chi connectivity index (χ4n) is 9.10. The molecule has 3 heterocycles. The maximum Gasteiger partial charge on any atom is 0.164 e. The summed E-state index contributed by atoms with van der Waals surface area (Å²) in [6, 6.07) is 70.5. The van der Waals surface area contributed by atoms with E-state index in [-0.39, 0.29) is 0 Å². The van der Waals surface area contributed by atoms with Crippen LogP contribution < -0.4 is 0 Å². The van der Waals surface area contributed by atoms with Gasteiger partial charge in [-0.05, 0) is 96.0 Å². The molecule has 298 valence electrons. The van der Waals surface area contributed by atoms with Gasteiger partial charge in [0.25, 0.3) is 0 Å². The summed E-state index contributed by atoms with van der Waals surface area (Å²) >= 11 is 0. The number of rotatable bonds is 7. The van der Waals surface area contributed by atoms with Crippen molar-refractivity contribution in [1.82, 2.24) is 24.9 Å². The smallest absolute Gasteiger partial charge is 0.164 e. The minimum atomic E-state index is 0.591. The predicted molar refractivity (Wildman–Crippen MR) is 263 cm³/mol. The first-order valence-corrected chi connectivity index (χ1v) is 21.5. The monoisotopic (exact) mass is 815 g/mol. The zero-order valence-electron chi connectivity index (χ0n) is 34.6. The molecule has 0 aliphatic rings. The molecule has 0 amide bonds. The lowest BCUT2D eigenvalue weighted by Crippen LogP contribution is -2.01. The van der Waals surface area contributed by atoms with Crippen molar-refractivity contribution < 1.29 is 0 Å². The lowest BCUT2D eigenvalue weighted by atomic mass is 9.92. The molecule has 0 radical (unpaired) electrons. The summed E-state index contributed by atoms with van der Waals surface area (Å²) in [5.74, 6) is 1.83. The van der Waals surface area contributed by atoms with Crippen LogP contribution in [-0.2, 0) is 0 Å². The molecule has 0 unspecified atom stereocenters. The van der Waals surface area contributed by atoms with Crippen molar-refractivity contribution in [2.24, 2.45) is 0 Å². The van der Waals surface area contributed by atoms with Crippen LogP contribution in [0.15, 0.2) is 225 Å². The minimum absolute atomic E-state index is 0.591. The van der Waals surface area contributed by atoms with Crippen molar-refractivity contribution in [3.05, 3.63) is 225 Å². The van der Waals surface area contributed by atoms with E-state index in [9.17, 15) is 0 Å². The Morgan fingerprint density at radius 1 is 0.219 bits per heavy atom. The van der Waals surface area contributed by atoms with Crippen LogP contribution in [-0.4, -0.2) is 24.9 Å². The van der Waals surface area contributed by atoms with Gasteiger partial charge in [0.1, 0.15) is 0 Å². The van der Waals surface area contributed by atoms with E-state index in [1.807, 2.05) is 24.8 Å². The molecule has 64 heavy (non-hydrogen) atoms. The molecule has 0 aliphatic carbocycles. The molecule has 0 bridgehead atoms. The first-order valence-electron chi connectivity index (χ1n) is 21.5. The SMILES string of the molecule is c1cc(-c2cc(-c3cccc(-c4cncc5ccccc45)c3)cc(-c3nc(-c4cccc5ccccc45)nc(-c4cccc5ccccc45)n3)c2)cc(-c2cncc3ccccc23)c1. The molecule has 12 rings (SSSR count). The zero-order valence-corrected chi connectivity index (χ0v) is 34.6. The molecule has 5 heteroatoms. The Balaban J connectivity index is 1.09. The Morgan fingerprint density at radius 3 is 1.05 bits per heavy atom. The topological polar surface area (TPSA) is 64.5 Å². The van der Waals surface area contributed by atoms with Crippen molar-refractivity contribution in [3.63, 3.8) is 0 Å². The normalized spacial score (nSPS) is 11.4. The van der Waals surface area contributed by atoms with E-state index in [0.29, 0.717) is 17.5 Å². The third-order valence-electron chi connectivity index (χ3n) is 12.2. The Bertz CT molecular complexity index is 3500. The lowest BCUT2D eigenvalue weighted by molar-refractivity contribution is 1.08. The van der Waals surface area contributed by atoms with Gasteiger partial charge in [0, 0.05) is 63.4 Å². The molecule has 0 aliphatic heterocycles. The summed E-state index contributed by atoms with van der Waals surface area (Å²) in [7, 11) is 0. The molecule has 5 nitrogen and oxygen atoms in total. The summed E-state index contributed by atoms with van der Waals surface area (Å²) in [4.78, 5) is 25.2. The Morgan fingerprint density at radius 2 is 0.562 bits per heavy atom. The first kappa shape index (κ1) is 37.1. The first-order chi connectivity index (χ1) is 31.7. The van der Waals surface area contributed by atoms with E-state index in [1.54, 1.807) is 0 Å². The highest BCUT2D eigenvalue weighted by atomic mass is 15.0. The van der Waals surface area contributed by atoms with Crippen LogP contribution in [0.25, 0.3) is 122 Å². The Labute approximate surface area is 370 Å². The molecule has 0 atom stereocenters. The number of hydrogen-bond donors (Lipinski definition) is 0. The van der Waals surface area contributed by atoms with Crippen LogP contribution in [0.5, 0.6) is 0 Å². The molecule has 9 aromatic carbocycles. The molecule has 0 N–H and O–H groups in total. The summed E-state index contributed by atoms with van der Waals surface area (Å²) in [5, 5.41) is 8.96. The maximum atomic E-state index is 5.36. The van der Waals surface area contributed by atoms with Gasteiger partial charge >= 0.3 is 0 Å². The van der Waals surface area contributed by atoms with E-state index < -0.39 is 0 Å². The highest BCUT2D eigenvalue weighted by molar-refractivity contribution is 6.00. The molecule has 0 fully saturated rings. The van der Waals surface area contributed by atoms with E-state index in [2.05, 4.69) is 210 Å². The predicted octanol–water partition coefficient (Wildman–Crippen LogP) is 14.9. The van der Waals surface area contributed by atoms with Crippen LogP contribution in [0.3, 0.4) is 0 Å². The van der Waals surface area contributed by atoms with Gasteiger partial charge in [-0.1, -0.05) is 170 Å². The van der Waals surface area contributed by atoms with Gasteiger partial charge in [-0.25, -0.2) is 15.0 Å². The number of pyridine rings is 2. The average Bonchev–Trinajstić information content (AvgIpc) is 3.37. The second kappa shape index (κ2) is 15.7. The lowest BCUT2D eigenvalue weighted by Gasteiger charge is -2.15. The van der Waals surface area contributed by atoms with Gasteiger partial charge in [0.15, 0.2) is 17.5 Å². The van der Waals surface area contributed by atoms with E-state index >= 15 is 0 Å². The van der Waals surface area contributed by atoms with Crippen LogP contribution in [0.2, 0.25) is 0 Å². The van der Waals surface area contributed by atoms with Gasteiger partial charge in [-0.2, -0.15) is 0 Å². The average molecular weight is 816 g/mol. The van der Waals surface area contributed by atoms with E-state index in [1.165, 1.54) is 0 Å². The van der Waals surface area contributed by atoms with Crippen molar-refractivity contribution in [2.45, 2.75) is 0 Å². The van der Waals surface area contributed by atoms with Gasteiger partial charge in [0.05, 0.1) is 0 Å². The van der Waals surface area contributed by atoms with Crippen molar-refractivity contribution in [1.29, 1.82) is 0 Å². The number of fused-ring (bicyclic) bond motifs is 4. The molecule has 0 spiro atoms. The van der Waals surface area contributed by atoms with Crippen LogP contribution in [0.4, 0.5) is 0 Å². The standard InChI is InChI=1S/C59H37N5/c1-5-23-49-38(13-1)17-11-27-53(49)58-62-57(63-59(64-58)54-28-12-18-39-14-2-6-24-50(39)54)48-32-46(40-19-9-21-42(29-40)55-36-60-34-44-15-3-7-25-51(44)55)31-47(33-48)41-20-10-22-43(30-41)56-37-61-35-45-16-4-8-26-52(45)56/h1-37H. The summed E-state index contributed by atoms with van der Waals surface area (Å²) in [6.45, 7) is 0. The van der Waals surface area contributed by atoms with Crippen LogP contribution in [0.1, 0.15) is 0 Å². The molecule has 12 aromatic rings. The van der Waals surface area contributed by atoms with E-state index in [0.717, 1.165) is 104 Å². The van der Waals surface area contributed by atoms with E-state index in [4.69, 9.17) is 15.0 Å². The third-order valence-corrected chi connectivity index (χ3v) is 12.2. The van der Waals surface area contributed by atoms with Crippen molar-refractivity contribution in [3.8, 4) is 78.7 Å². The zero-order chi connectivity index (χ0) is 42.4.